The van der Waals surface area contributed by atoms with Gasteiger partial charge in [-0.3, -0.25) is 9.69 Å². The highest BCUT2D eigenvalue weighted by Crippen LogP contribution is 2.31. The minimum atomic E-state index is -0.445. The van der Waals surface area contributed by atoms with E-state index in [0.717, 1.165) is 48.2 Å². The Kier molecular flexibility index (Phi) is 5.55. The Hall–Kier alpha value is -3.35. The molecule has 1 fully saturated rings. The lowest BCUT2D eigenvalue weighted by Gasteiger charge is -2.39. The Bertz CT molecular complexity index is 1230. The lowest BCUT2D eigenvalue weighted by atomic mass is 9.96. The topological polar surface area (TPSA) is 78.2 Å². The number of H-pyrrole nitrogens is 1. The van der Waals surface area contributed by atoms with Crippen LogP contribution in [0.4, 0.5) is 5.95 Å². The average Bonchev–Trinajstić information content (AvgIpc) is 3.25. The second-order valence-electron chi connectivity index (χ2n) is 8.04. The number of hydrogen-bond donors (Lipinski definition) is 2. The lowest BCUT2D eigenvalue weighted by Crippen LogP contribution is -2.48. The highest BCUT2D eigenvalue weighted by atomic mass is 35.5. The van der Waals surface area contributed by atoms with Gasteiger partial charge in [0.15, 0.2) is 0 Å². The molecular weight excluding hydrogens is 422 g/mol. The van der Waals surface area contributed by atoms with Crippen LogP contribution in [0, 0.1) is 0 Å². The summed E-state index contributed by atoms with van der Waals surface area (Å²) in [4.78, 5) is 24.3. The molecule has 1 aliphatic rings. The van der Waals surface area contributed by atoms with Crippen LogP contribution in [0.15, 0.2) is 72.8 Å². The number of halogens is 1. The van der Waals surface area contributed by atoms with Gasteiger partial charge in [-0.15, -0.1) is 0 Å². The van der Waals surface area contributed by atoms with Crippen molar-refractivity contribution in [2.75, 3.05) is 31.1 Å². The van der Waals surface area contributed by atoms with E-state index in [-0.39, 0.29) is 6.04 Å². The van der Waals surface area contributed by atoms with E-state index in [1.807, 2.05) is 24.3 Å². The number of nitrogens with one attached hydrogen (secondary N) is 1. The molecule has 162 valence electrons. The third-order valence-corrected chi connectivity index (χ3v) is 6.29. The number of carbonyl (C=O) groups excluding carboxylic acids is 1. The predicted octanol–water partition coefficient (Wildman–Crippen LogP) is 4.23. The molecule has 5 rings (SSSR count). The van der Waals surface area contributed by atoms with E-state index in [1.54, 1.807) is 12.1 Å². The van der Waals surface area contributed by atoms with E-state index >= 15 is 0 Å². The number of nitrogens with two attached hydrogens (primary N) is 1. The number of aromatic amines is 1. The minimum Gasteiger partial charge on any atom is -0.366 e. The van der Waals surface area contributed by atoms with Gasteiger partial charge in [0, 0.05) is 36.8 Å². The molecule has 0 bridgehead atoms. The van der Waals surface area contributed by atoms with E-state index in [9.17, 15) is 4.79 Å². The molecule has 1 atom stereocenters. The Morgan fingerprint density at radius 3 is 2.31 bits per heavy atom. The van der Waals surface area contributed by atoms with Crippen molar-refractivity contribution < 1.29 is 4.79 Å². The maximum atomic E-state index is 11.5. The molecule has 4 aromatic rings. The van der Waals surface area contributed by atoms with Gasteiger partial charge >= 0.3 is 0 Å². The monoisotopic (exact) mass is 445 g/mol. The highest BCUT2D eigenvalue weighted by molar-refractivity contribution is 6.30. The number of hydrogen-bond acceptors (Lipinski definition) is 4. The van der Waals surface area contributed by atoms with Crippen LogP contribution >= 0.6 is 11.6 Å². The molecule has 32 heavy (non-hydrogen) atoms. The van der Waals surface area contributed by atoms with Gasteiger partial charge in [0.2, 0.25) is 11.9 Å². The van der Waals surface area contributed by atoms with Gasteiger partial charge in [-0.05, 0) is 41.5 Å². The third kappa shape index (κ3) is 4.07. The highest BCUT2D eigenvalue weighted by Gasteiger charge is 2.27. The second-order valence-corrected chi connectivity index (χ2v) is 8.48. The number of anilines is 1. The van der Waals surface area contributed by atoms with Crippen LogP contribution < -0.4 is 10.6 Å². The number of benzene rings is 3. The summed E-state index contributed by atoms with van der Waals surface area (Å²) in [5, 5.41) is 0.745. The maximum absolute atomic E-state index is 11.5. The Morgan fingerprint density at radius 1 is 0.938 bits per heavy atom. The Morgan fingerprint density at radius 2 is 1.62 bits per heavy atom. The number of carbonyl (C=O) groups is 1. The zero-order chi connectivity index (χ0) is 22.1. The largest absolute Gasteiger partial charge is 0.366 e. The van der Waals surface area contributed by atoms with Crippen LogP contribution in [-0.2, 0) is 0 Å². The van der Waals surface area contributed by atoms with Crippen LogP contribution in [0.3, 0.4) is 0 Å². The van der Waals surface area contributed by atoms with E-state index in [4.69, 9.17) is 22.3 Å². The summed E-state index contributed by atoms with van der Waals surface area (Å²) < 4.78 is 0. The number of amides is 1. The molecule has 7 heteroatoms. The summed E-state index contributed by atoms with van der Waals surface area (Å²) in [5.41, 5.74) is 10.0. The molecular formula is C25H24ClN5O. The standard InChI is InChI=1S/C25H24ClN5O/c26-20-9-6-18(7-10-20)23(17-4-2-1-3-5-17)30-12-14-31(15-13-30)25-28-21-11-8-19(24(27)32)16-22(21)29-25/h1-11,16,23H,12-15H2,(H2,27,32)(H,28,29). The number of imidazole rings is 1. The lowest BCUT2D eigenvalue weighted by molar-refractivity contribution is 0.100. The van der Waals surface area contributed by atoms with Crippen LogP contribution in [0.5, 0.6) is 0 Å². The molecule has 6 nitrogen and oxygen atoms in total. The predicted molar refractivity (Wildman–Crippen MR) is 128 cm³/mol. The first-order chi connectivity index (χ1) is 15.6. The molecule has 0 spiro atoms. The van der Waals surface area contributed by atoms with E-state index in [1.165, 1.54) is 11.1 Å². The smallest absolute Gasteiger partial charge is 0.248 e. The van der Waals surface area contributed by atoms with E-state index < -0.39 is 5.91 Å². The fourth-order valence-corrected chi connectivity index (χ4v) is 4.51. The number of fused-ring (bicyclic) bond motifs is 1. The maximum Gasteiger partial charge on any atom is 0.248 e. The molecule has 1 aliphatic heterocycles. The van der Waals surface area contributed by atoms with Crippen molar-refractivity contribution in [1.29, 1.82) is 0 Å². The Balaban J connectivity index is 1.36. The zero-order valence-corrected chi connectivity index (χ0v) is 18.3. The summed E-state index contributed by atoms with van der Waals surface area (Å²) in [5.74, 6) is 0.378. The first-order valence-corrected chi connectivity index (χ1v) is 11.1. The van der Waals surface area contributed by atoms with Crippen molar-refractivity contribution in [1.82, 2.24) is 14.9 Å². The Labute approximate surface area is 191 Å². The van der Waals surface area contributed by atoms with Crippen LogP contribution in [0.1, 0.15) is 27.5 Å². The van der Waals surface area contributed by atoms with Gasteiger partial charge in [-0.25, -0.2) is 4.98 Å². The van der Waals surface area contributed by atoms with Crippen LogP contribution in [0.25, 0.3) is 11.0 Å². The van der Waals surface area contributed by atoms with Crippen molar-refractivity contribution >= 4 is 34.5 Å². The first kappa shape index (κ1) is 20.5. The average molecular weight is 446 g/mol. The molecule has 1 saturated heterocycles. The van der Waals surface area contributed by atoms with Crippen molar-refractivity contribution in [3.8, 4) is 0 Å². The molecule has 0 saturated carbocycles. The van der Waals surface area contributed by atoms with E-state index in [0.29, 0.717) is 5.56 Å². The molecule has 1 unspecified atom stereocenters. The molecule has 0 aliphatic carbocycles. The van der Waals surface area contributed by atoms with Gasteiger partial charge in [0.25, 0.3) is 0 Å². The number of primary amides is 1. The zero-order valence-electron chi connectivity index (χ0n) is 17.5. The molecule has 1 amide bonds. The molecule has 2 heterocycles. The van der Waals surface area contributed by atoms with Gasteiger partial charge in [-0.2, -0.15) is 0 Å². The summed E-state index contributed by atoms with van der Waals surface area (Å²) >= 11 is 6.14. The van der Waals surface area contributed by atoms with Gasteiger partial charge in [0.1, 0.15) is 0 Å². The summed E-state index contributed by atoms with van der Waals surface area (Å²) in [6.45, 7) is 3.48. The number of rotatable bonds is 5. The van der Waals surface area contributed by atoms with Crippen molar-refractivity contribution in [3.63, 3.8) is 0 Å². The summed E-state index contributed by atoms with van der Waals surface area (Å²) in [6, 6.07) is 24.2. The number of piperazine rings is 1. The van der Waals surface area contributed by atoms with Crippen molar-refractivity contribution in [3.05, 3.63) is 94.5 Å². The normalized spacial score (nSPS) is 15.7. The summed E-state index contributed by atoms with van der Waals surface area (Å²) in [7, 11) is 0. The van der Waals surface area contributed by atoms with E-state index in [2.05, 4.69) is 51.2 Å². The van der Waals surface area contributed by atoms with Crippen molar-refractivity contribution in [2.45, 2.75) is 6.04 Å². The van der Waals surface area contributed by atoms with Crippen LogP contribution in [-0.4, -0.2) is 47.0 Å². The summed E-state index contributed by atoms with van der Waals surface area (Å²) in [6.07, 6.45) is 0. The molecule has 0 radical (unpaired) electrons. The van der Waals surface area contributed by atoms with Crippen molar-refractivity contribution in [2.24, 2.45) is 5.73 Å². The van der Waals surface area contributed by atoms with Crippen LogP contribution in [0.2, 0.25) is 5.02 Å². The minimum absolute atomic E-state index is 0.171. The number of aromatic nitrogens is 2. The molecule has 3 aromatic carbocycles. The fourth-order valence-electron chi connectivity index (χ4n) is 4.38. The van der Waals surface area contributed by atoms with Gasteiger partial charge in [0.05, 0.1) is 17.1 Å². The molecule has 3 N–H and O–H groups in total. The first-order valence-electron chi connectivity index (χ1n) is 10.7. The third-order valence-electron chi connectivity index (χ3n) is 6.04. The fraction of sp³-hybridized carbons (Fsp3) is 0.200. The second kappa shape index (κ2) is 8.65. The van der Waals surface area contributed by atoms with Gasteiger partial charge < -0.3 is 15.6 Å². The SMILES string of the molecule is NC(=O)c1ccc2[nH]c(N3CCN(C(c4ccccc4)c4ccc(Cl)cc4)CC3)nc2c1. The number of nitrogens with zero attached hydrogens (tertiary/aromatic N) is 3. The molecule has 1 aromatic heterocycles. The quantitative estimate of drug-likeness (QED) is 0.482. The van der Waals surface area contributed by atoms with Gasteiger partial charge in [-0.1, -0.05) is 54.1 Å².